The second kappa shape index (κ2) is 5.71. The maximum atomic E-state index is 12.1. The minimum atomic E-state index is -0.0552. The number of aromatic amines is 1. The number of carbonyl (C=O) groups excluding carboxylic acids is 1. The van der Waals surface area contributed by atoms with Crippen molar-refractivity contribution in [2.24, 2.45) is 0 Å². The smallest absolute Gasteiger partial charge is 0.272 e. The quantitative estimate of drug-likeness (QED) is 0.708. The number of nitrogens with one attached hydrogen (secondary N) is 3. The number of amides is 1. The summed E-state index contributed by atoms with van der Waals surface area (Å²) in [6.07, 6.45) is 3.49. The second-order valence-corrected chi connectivity index (χ2v) is 5.26. The number of hydrogen-bond donors (Lipinski definition) is 3. The summed E-state index contributed by atoms with van der Waals surface area (Å²) >= 11 is 0. The zero-order valence-electron chi connectivity index (χ0n) is 11.2. The predicted octanol–water partition coefficient (Wildman–Crippen LogP) is -0.119. The third-order valence-corrected chi connectivity index (χ3v) is 3.93. The first-order valence-electron chi connectivity index (χ1n) is 7.12. The summed E-state index contributed by atoms with van der Waals surface area (Å²) in [6.45, 7) is 5.66. The molecule has 2 aliphatic rings. The zero-order valence-corrected chi connectivity index (χ0v) is 11.2. The van der Waals surface area contributed by atoms with Crippen LogP contribution in [0.4, 0.5) is 0 Å². The molecule has 0 radical (unpaired) electrons. The van der Waals surface area contributed by atoms with Gasteiger partial charge in [-0.25, -0.2) is 0 Å². The van der Waals surface area contributed by atoms with Crippen LogP contribution in [0.2, 0.25) is 0 Å². The van der Waals surface area contributed by atoms with Gasteiger partial charge in [0.05, 0.1) is 0 Å². The summed E-state index contributed by atoms with van der Waals surface area (Å²) in [7, 11) is 0. The van der Waals surface area contributed by atoms with Gasteiger partial charge in [0.2, 0.25) is 0 Å². The fourth-order valence-corrected chi connectivity index (χ4v) is 2.83. The third kappa shape index (κ3) is 2.79. The number of rotatable bonds is 4. The first-order valence-corrected chi connectivity index (χ1v) is 7.12. The lowest BCUT2D eigenvalue weighted by Crippen LogP contribution is -2.34. The van der Waals surface area contributed by atoms with Gasteiger partial charge in [0.1, 0.15) is 0 Å². The fraction of sp³-hybridized carbons (Fsp3) is 0.692. The Balaban J connectivity index is 1.53. The molecule has 0 aromatic carbocycles. The maximum Gasteiger partial charge on any atom is 0.272 e. The van der Waals surface area contributed by atoms with E-state index in [4.69, 9.17) is 0 Å². The van der Waals surface area contributed by atoms with Crippen LogP contribution >= 0.6 is 0 Å². The van der Waals surface area contributed by atoms with Gasteiger partial charge in [0.15, 0.2) is 5.69 Å². The number of likely N-dealkylation sites (tertiary alicyclic amines) is 1. The number of carbonyl (C=O) groups is 1. The van der Waals surface area contributed by atoms with E-state index in [0.29, 0.717) is 12.2 Å². The summed E-state index contributed by atoms with van der Waals surface area (Å²) in [4.78, 5) is 14.5. The molecule has 0 aliphatic carbocycles. The predicted molar refractivity (Wildman–Crippen MR) is 72.0 cm³/mol. The molecular formula is C13H21N5O. The third-order valence-electron chi connectivity index (χ3n) is 3.93. The maximum absolute atomic E-state index is 12.1. The highest BCUT2D eigenvalue weighted by molar-refractivity contribution is 5.94. The van der Waals surface area contributed by atoms with Crippen LogP contribution < -0.4 is 10.6 Å². The standard InChI is InChI=1S/C13H21N5O/c19-13(15-5-8-18-6-1-2-7-18)12-10-9-14-4-3-11(10)16-17-12/h14H,1-9H2,(H,15,19)(H,16,17). The van der Waals surface area contributed by atoms with Crippen LogP contribution in [-0.2, 0) is 13.0 Å². The molecule has 0 unspecified atom stereocenters. The Bertz CT molecular complexity index is 450. The Labute approximate surface area is 112 Å². The van der Waals surface area contributed by atoms with E-state index < -0.39 is 0 Å². The van der Waals surface area contributed by atoms with Crippen molar-refractivity contribution in [2.75, 3.05) is 32.7 Å². The fourth-order valence-electron chi connectivity index (χ4n) is 2.83. The highest BCUT2D eigenvalue weighted by Crippen LogP contribution is 2.15. The molecule has 6 nitrogen and oxygen atoms in total. The molecule has 1 aromatic rings. The zero-order chi connectivity index (χ0) is 13.1. The minimum absolute atomic E-state index is 0.0552. The van der Waals surface area contributed by atoms with Crippen molar-refractivity contribution < 1.29 is 4.79 Å². The number of H-pyrrole nitrogens is 1. The van der Waals surface area contributed by atoms with Gasteiger partial charge in [-0.2, -0.15) is 5.10 Å². The Morgan fingerprint density at radius 2 is 2.21 bits per heavy atom. The van der Waals surface area contributed by atoms with Gasteiger partial charge in [-0.05, 0) is 25.9 Å². The molecule has 0 saturated carbocycles. The Morgan fingerprint density at radius 3 is 3.05 bits per heavy atom. The monoisotopic (exact) mass is 263 g/mol. The molecule has 104 valence electrons. The summed E-state index contributed by atoms with van der Waals surface area (Å²) in [6, 6.07) is 0. The van der Waals surface area contributed by atoms with Crippen molar-refractivity contribution in [1.82, 2.24) is 25.7 Å². The van der Waals surface area contributed by atoms with Crippen LogP contribution in [0.5, 0.6) is 0 Å². The number of aromatic nitrogens is 2. The molecule has 2 aliphatic heterocycles. The van der Waals surface area contributed by atoms with Gasteiger partial charge < -0.3 is 15.5 Å². The molecular weight excluding hydrogens is 242 g/mol. The average molecular weight is 263 g/mol. The van der Waals surface area contributed by atoms with Crippen LogP contribution in [-0.4, -0.2) is 53.7 Å². The molecule has 3 rings (SSSR count). The average Bonchev–Trinajstić information content (AvgIpc) is 3.07. The Morgan fingerprint density at radius 1 is 1.37 bits per heavy atom. The first-order chi connectivity index (χ1) is 9.34. The lowest BCUT2D eigenvalue weighted by Gasteiger charge is -2.15. The lowest BCUT2D eigenvalue weighted by molar-refractivity contribution is 0.0943. The first kappa shape index (κ1) is 12.6. The molecule has 0 atom stereocenters. The topological polar surface area (TPSA) is 73.0 Å². The Kier molecular flexibility index (Phi) is 3.79. The number of nitrogens with zero attached hydrogens (tertiary/aromatic N) is 2. The SMILES string of the molecule is O=C(NCCN1CCCC1)c1n[nH]c2c1CNCC2. The van der Waals surface area contributed by atoms with Gasteiger partial charge in [0, 0.05) is 43.9 Å². The second-order valence-electron chi connectivity index (χ2n) is 5.26. The van der Waals surface area contributed by atoms with Gasteiger partial charge in [-0.3, -0.25) is 9.89 Å². The van der Waals surface area contributed by atoms with E-state index in [1.54, 1.807) is 0 Å². The van der Waals surface area contributed by atoms with E-state index >= 15 is 0 Å². The number of hydrogen-bond acceptors (Lipinski definition) is 4. The van der Waals surface area contributed by atoms with E-state index in [1.165, 1.54) is 12.8 Å². The highest BCUT2D eigenvalue weighted by Gasteiger charge is 2.21. The summed E-state index contributed by atoms with van der Waals surface area (Å²) < 4.78 is 0. The molecule has 6 heteroatoms. The van der Waals surface area contributed by atoms with E-state index in [1.807, 2.05) is 0 Å². The van der Waals surface area contributed by atoms with Gasteiger partial charge >= 0.3 is 0 Å². The van der Waals surface area contributed by atoms with Gasteiger partial charge in [-0.1, -0.05) is 0 Å². The molecule has 0 spiro atoms. The van der Waals surface area contributed by atoms with Crippen LogP contribution in [0, 0.1) is 0 Å². The highest BCUT2D eigenvalue weighted by atomic mass is 16.1. The van der Waals surface area contributed by atoms with Crippen LogP contribution in [0.1, 0.15) is 34.6 Å². The molecule has 1 amide bonds. The van der Waals surface area contributed by atoms with E-state index in [2.05, 4.69) is 25.7 Å². The number of fused-ring (bicyclic) bond motifs is 1. The Hall–Kier alpha value is -1.40. The van der Waals surface area contributed by atoms with Crippen molar-refractivity contribution in [3.05, 3.63) is 17.0 Å². The minimum Gasteiger partial charge on any atom is -0.349 e. The molecule has 3 heterocycles. The molecule has 19 heavy (non-hydrogen) atoms. The lowest BCUT2D eigenvalue weighted by atomic mass is 10.1. The van der Waals surface area contributed by atoms with Crippen LogP contribution in [0.15, 0.2) is 0 Å². The van der Waals surface area contributed by atoms with E-state index in [9.17, 15) is 4.79 Å². The summed E-state index contributed by atoms with van der Waals surface area (Å²) in [5.41, 5.74) is 2.69. The van der Waals surface area contributed by atoms with Crippen molar-refractivity contribution >= 4 is 5.91 Å². The van der Waals surface area contributed by atoms with Crippen molar-refractivity contribution in [1.29, 1.82) is 0 Å². The summed E-state index contributed by atoms with van der Waals surface area (Å²) in [5, 5.41) is 13.4. The normalized spacial score (nSPS) is 19.4. The van der Waals surface area contributed by atoms with Crippen LogP contribution in [0.3, 0.4) is 0 Å². The van der Waals surface area contributed by atoms with Gasteiger partial charge in [-0.15, -0.1) is 0 Å². The molecule has 1 fully saturated rings. The van der Waals surface area contributed by atoms with Crippen molar-refractivity contribution in [3.8, 4) is 0 Å². The van der Waals surface area contributed by atoms with Crippen LogP contribution in [0.25, 0.3) is 0 Å². The molecule has 1 aromatic heterocycles. The molecule has 0 bridgehead atoms. The van der Waals surface area contributed by atoms with E-state index in [0.717, 1.165) is 50.4 Å². The molecule has 3 N–H and O–H groups in total. The van der Waals surface area contributed by atoms with E-state index in [-0.39, 0.29) is 5.91 Å². The van der Waals surface area contributed by atoms with Crippen molar-refractivity contribution in [3.63, 3.8) is 0 Å². The largest absolute Gasteiger partial charge is 0.349 e. The van der Waals surface area contributed by atoms with Gasteiger partial charge in [0.25, 0.3) is 5.91 Å². The summed E-state index contributed by atoms with van der Waals surface area (Å²) in [5.74, 6) is -0.0552. The van der Waals surface area contributed by atoms with Crippen molar-refractivity contribution in [2.45, 2.75) is 25.8 Å². The molecule has 1 saturated heterocycles.